The van der Waals surface area contributed by atoms with E-state index in [-0.39, 0.29) is 5.91 Å². The molecule has 1 N–H and O–H groups in total. The predicted molar refractivity (Wildman–Crippen MR) is 103 cm³/mol. The van der Waals surface area contributed by atoms with Crippen LogP contribution >= 0.6 is 23.1 Å². The van der Waals surface area contributed by atoms with Gasteiger partial charge in [-0.15, -0.1) is 23.1 Å². The summed E-state index contributed by atoms with van der Waals surface area (Å²) in [7, 11) is 0. The standard InChI is InChI=1S/C18H16N4OS2/c1-12-16(25-18(21-12)14-4-3-9-19-11-14)17(23)22-20-10-13-5-7-15(24-2)8-6-13/h3-11H,1-2H3,(H,22,23). The summed E-state index contributed by atoms with van der Waals surface area (Å²) in [5.41, 5.74) is 5.06. The lowest BCUT2D eigenvalue weighted by Gasteiger charge is -1.98. The van der Waals surface area contributed by atoms with Gasteiger partial charge in [-0.25, -0.2) is 10.4 Å². The number of hydrogen-bond donors (Lipinski definition) is 1. The summed E-state index contributed by atoms with van der Waals surface area (Å²) < 4.78 is 0. The first-order valence-electron chi connectivity index (χ1n) is 7.52. The Morgan fingerprint density at radius 1 is 1.28 bits per heavy atom. The number of nitrogens with zero attached hydrogens (tertiary/aromatic N) is 3. The third kappa shape index (κ3) is 4.32. The number of carbonyl (C=O) groups excluding carboxylic acids is 1. The molecule has 25 heavy (non-hydrogen) atoms. The fourth-order valence-electron chi connectivity index (χ4n) is 2.13. The van der Waals surface area contributed by atoms with Crippen molar-refractivity contribution in [2.45, 2.75) is 11.8 Å². The Morgan fingerprint density at radius 3 is 2.76 bits per heavy atom. The molecule has 0 atom stereocenters. The van der Waals surface area contributed by atoms with Gasteiger partial charge in [-0.2, -0.15) is 5.10 Å². The van der Waals surface area contributed by atoms with Crippen LogP contribution in [0.15, 0.2) is 58.8 Å². The van der Waals surface area contributed by atoms with Gasteiger partial charge >= 0.3 is 0 Å². The number of benzene rings is 1. The van der Waals surface area contributed by atoms with Crippen LogP contribution in [0.1, 0.15) is 20.9 Å². The third-order valence-corrected chi connectivity index (χ3v) is 5.36. The normalized spacial score (nSPS) is 11.0. The minimum atomic E-state index is -0.262. The molecule has 0 fully saturated rings. The van der Waals surface area contributed by atoms with Crippen molar-refractivity contribution in [1.29, 1.82) is 0 Å². The molecule has 2 heterocycles. The number of carbonyl (C=O) groups is 1. The second-order valence-electron chi connectivity index (χ2n) is 5.15. The van der Waals surface area contributed by atoms with Crippen molar-refractivity contribution >= 4 is 35.2 Å². The zero-order chi connectivity index (χ0) is 17.6. The smallest absolute Gasteiger partial charge is 0.266 e. The summed E-state index contributed by atoms with van der Waals surface area (Å²) in [4.78, 5) is 22.6. The molecule has 0 aliphatic heterocycles. The Balaban J connectivity index is 1.69. The highest BCUT2D eigenvalue weighted by Crippen LogP contribution is 2.27. The van der Waals surface area contributed by atoms with Crippen molar-refractivity contribution in [3.63, 3.8) is 0 Å². The van der Waals surface area contributed by atoms with E-state index in [2.05, 4.69) is 20.5 Å². The molecular formula is C18H16N4OS2. The first kappa shape index (κ1) is 17.3. The number of thiazole rings is 1. The van der Waals surface area contributed by atoms with Crippen LogP contribution in [0.2, 0.25) is 0 Å². The van der Waals surface area contributed by atoms with E-state index in [0.29, 0.717) is 10.6 Å². The van der Waals surface area contributed by atoms with Crippen molar-refractivity contribution in [2.24, 2.45) is 5.10 Å². The van der Waals surface area contributed by atoms with Crippen LogP contribution in [0.25, 0.3) is 10.6 Å². The summed E-state index contributed by atoms with van der Waals surface area (Å²) in [5, 5.41) is 4.80. The van der Waals surface area contributed by atoms with Gasteiger partial charge in [-0.1, -0.05) is 12.1 Å². The summed E-state index contributed by atoms with van der Waals surface area (Å²) in [6.45, 7) is 1.82. The number of aromatic nitrogens is 2. The number of hydrazone groups is 1. The fourth-order valence-corrected chi connectivity index (χ4v) is 3.48. The zero-order valence-corrected chi connectivity index (χ0v) is 15.4. The SMILES string of the molecule is CSc1ccc(C=NNC(=O)c2sc(-c3cccnc3)nc2C)cc1. The van der Waals surface area contributed by atoms with E-state index in [1.54, 1.807) is 30.4 Å². The Morgan fingerprint density at radius 2 is 2.08 bits per heavy atom. The minimum Gasteiger partial charge on any atom is -0.266 e. The zero-order valence-electron chi connectivity index (χ0n) is 13.8. The van der Waals surface area contributed by atoms with E-state index < -0.39 is 0 Å². The topological polar surface area (TPSA) is 67.2 Å². The molecule has 2 aromatic heterocycles. The monoisotopic (exact) mass is 368 g/mol. The molecule has 0 spiro atoms. The third-order valence-electron chi connectivity index (χ3n) is 3.41. The molecule has 0 aliphatic carbocycles. The van der Waals surface area contributed by atoms with E-state index >= 15 is 0 Å². The van der Waals surface area contributed by atoms with Crippen molar-refractivity contribution in [3.05, 3.63) is 64.9 Å². The fraction of sp³-hybridized carbons (Fsp3) is 0.111. The lowest BCUT2D eigenvalue weighted by atomic mass is 10.2. The molecule has 0 aliphatic rings. The molecule has 126 valence electrons. The maximum absolute atomic E-state index is 12.3. The molecule has 0 bridgehead atoms. The second-order valence-corrected chi connectivity index (χ2v) is 7.03. The van der Waals surface area contributed by atoms with Crippen molar-refractivity contribution < 1.29 is 4.79 Å². The number of rotatable bonds is 5. The van der Waals surface area contributed by atoms with Crippen LogP contribution in [0.4, 0.5) is 0 Å². The van der Waals surface area contributed by atoms with E-state index in [1.807, 2.05) is 49.6 Å². The van der Waals surface area contributed by atoms with E-state index in [4.69, 9.17) is 0 Å². The maximum Gasteiger partial charge on any atom is 0.283 e. The van der Waals surface area contributed by atoms with Gasteiger partial charge in [-0.3, -0.25) is 9.78 Å². The van der Waals surface area contributed by atoms with Crippen LogP contribution in [0.5, 0.6) is 0 Å². The van der Waals surface area contributed by atoms with Gasteiger partial charge in [0.25, 0.3) is 5.91 Å². The largest absolute Gasteiger partial charge is 0.283 e. The van der Waals surface area contributed by atoms with Crippen LogP contribution in [0, 0.1) is 6.92 Å². The number of pyridine rings is 1. The summed E-state index contributed by atoms with van der Waals surface area (Å²) in [6.07, 6.45) is 7.09. The van der Waals surface area contributed by atoms with Gasteiger partial charge in [0.1, 0.15) is 9.88 Å². The van der Waals surface area contributed by atoms with Gasteiger partial charge in [0.05, 0.1) is 11.9 Å². The summed E-state index contributed by atoms with van der Waals surface area (Å²) >= 11 is 3.01. The average molecular weight is 368 g/mol. The van der Waals surface area contributed by atoms with Crippen LogP contribution in [-0.2, 0) is 0 Å². The quantitative estimate of drug-likeness (QED) is 0.420. The second kappa shape index (κ2) is 8.04. The van der Waals surface area contributed by atoms with Crippen molar-refractivity contribution in [1.82, 2.24) is 15.4 Å². The predicted octanol–water partition coefficient (Wildman–Crippen LogP) is 4.00. The van der Waals surface area contributed by atoms with E-state index in [1.165, 1.54) is 16.2 Å². The lowest BCUT2D eigenvalue weighted by molar-refractivity contribution is 0.0958. The molecule has 0 unspecified atom stereocenters. The van der Waals surface area contributed by atoms with Crippen molar-refractivity contribution in [3.8, 4) is 10.6 Å². The molecule has 0 saturated heterocycles. The van der Waals surface area contributed by atoms with Gasteiger partial charge in [0, 0.05) is 22.9 Å². The number of nitrogens with one attached hydrogen (secondary N) is 1. The maximum atomic E-state index is 12.3. The summed E-state index contributed by atoms with van der Waals surface area (Å²) in [5.74, 6) is -0.262. The van der Waals surface area contributed by atoms with Gasteiger partial charge in [0.2, 0.25) is 0 Å². The highest BCUT2D eigenvalue weighted by Gasteiger charge is 2.15. The minimum absolute atomic E-state index is 0.262. The van der Waals surface area contributed by atoms with Crippen molar-refractivity contribution in [2.75, 3.05) is 6.26 Å². The van der Waals surface area contributed by atoms with Crippen LogP contribution < -0.4 is 5.43 Å². The molecule has 3 aromatic rings. The summed E-state index contributed by atoms with van der Waals surface area (Å²) in [6, 6.07) is 11.7. The first-order valence-corrected chi connectivity index (χ1v) is 9.57. The first-order chi connectivity index (χ1) is 12.2. The Bertz CT molecular complexity index is 889. The number of thioether (sulfide) groups is 1. The van der Waals surface area contributed by atoms with Crippen LogP contribution in [0.3, 0.4) is 0 Å². The Kier molecular flexibility index (Phi) is 5.57. The average Bonchev–Trinajstić information content (AvgIpc) is 3.05. The molecule has 1 aromatic carbocycles. The number of hydrogen-bond acceptors (Lipinski definition) is 6. The van der Waals surface area contributed by atoms with E-state index in [9.17, 15) is 4.79 Å². The highest BCUT2D eigenvalue weighted by molar-refractivity contribution is 7.98. The molecular weight excluding hydrogens is 352 g/mol. The molecule has 0 saturated carbocycles. The van der Waals surface area contributed by atoms with E-state index in [0.717, 1.165) is 16.1 Å². The highest BCUT2D eigenvalue weighted by atomic mass is 32.2. The van der Waals surface area contributed by atoms with Gasteiger partial charge in [0.15, 0.2) is 0 Å². The Hall–Kier alpha value is -2.51. The molecule has 1 amide bonds. The Labute approximate surface area is 154 Å². The lowest BCUT2D eigenvalue weighted by Crippen LogP contribution is -2.17. The molecule has 0 radical (unpaired) electrons. The molecule has 7 heteroatoms. The molecule has 3 rings (SSSR count). The van der Waals surface area contributed by atoms with Gasteiger partial charge in [-0.05, 0) is 43.0 Å². The van der Waals surface area contributed by atoms with Crippen LogP contribution in [-0.4, -0.2) is 28.3 Å². The number of aryl methyl sites for hydroxylation is 1. The van der Waals surface area contributed by atoms with Gasteiger partial charge < -0.3 is 0 Å². The number of amides is 1. The molecule has 5 nitrogen and oxygen atoms in total.